The van der Waals surface area contributed by atoms with E-state index < -0.39 is 26.2 Å². The molecule has 94 valence electrons. The molecule has 1 aromatic carbocycles. The molecule has 0 atom stereocenters. The Labute approximate surface area is 102 Å². The van der Waals surface area contributed by atoms with Crippen molar-refractivity contribution < 1.29 is 12.8 Å². The Hall–Kier alpha value is -2.15. The highest BCUT2D eigenvalue weighted by atomic mass is 32.2. The van der Waals surface area contributed by atoms with Crippen molar-refractivity contribution in [3.05, 3.63) is 58.8 Å². The molecule has 2 aromatic rings. The van der Waals surface area contributed by atoms with Crippen LogP contribution in [0.15, 0.2) is 52.4 Å². The standard InChI is InChI=1S/C11H9FN2O3S/c12-8-1-3-9(4-2-8)14-18(16,17)11-7-13-6-5-10(11)15/h1-7,14H,(H,13,15). The first-order valence-corrected chi connectivity index (χ1v) is 6.43. The van der Waals surface area contributed by atoms with Gasteiger partial charge in [0.25, 0.3) is 10.0 Å². The molecule has 0 bridgehead atoms. The summed E-state index contributed by atoms with van der Waals surface area (Å²) in [6.07, 6.45) is 2.42. The van der Waals surface area contributed by atoms with E-state index in [0.717, 1.165) is 24.4 Å². The average molecular weight is 268 g/mol. The van der Waals surface area contributed by atoms with Crippen molar-refractivity contribution in [1.29, 1.82) is 0 Å². The van der Waals surface area contributed by atoms with Crippen LogP contribution in [0.1, 0.15) is 0 Å². The van der Waals surface area contributed by atoms with Crippen LogP contribution in [-0.2, 0) is 10.0 Å². The first kappa shape index (κ1) is 12.3. The molecular weight excluding hydrogens is 259 g/mol. The van der Waals surface area contributed by atoms with Gasteiger partial charge in [0.05, 0.1) is 0 Å². The van der Waals surface area contributed by atoms with E-state index >= 15 is 0 Å². The van der Waals surface area contributed by atoms with Crippen LogP contribution in [0, 0.1) is 5.82 Å². The van der Waals surface area contributed by atoms with Gasteiger partial charge in [0.1, 0.15) is 5.82 Å². The number of aromatic nitrogens is 1. The Morgan fingerprint density at radius 3 is 2.39 bits per heavy atom. The molecule has 1 aromatic heterocycles. The Bertz CT molecular complexity index is 708. The molecule has 0 saturated carbocycles. The maximum absolute atomic E-state index is 12.7. The summed E-state index contributed by atoms with van der Waals surface area (Å²) in [7, 11) is -3.97. The van der Waals surface area contributed by atoms with Crippen LogP contribution in [0.3, 0.4) is 0 Å². The van der Waals surface area contributed by atoms with Crippen LogP contribution >= 0.6 is 0 Å². The van der Waals surface area contributed by atoms with E-state index in [2.05, 4.69) is 9.71 Å². The first-order chi connectivity index (χ1) is 8.49. The number of hydrogen-bond donors (Lipinski definition) is 2. The molecule has 1 heterocycles. The average Bonchev–Trinajstić information content (AvgIpc) is 2.32. The minimum Gasteiger partial charge on any atom is -0.366 e. The van der Waals surface area contributed by atoms with E-state index in [1.54, 1.807) is 0 Å². The molecular formula is C11H9FN2O3S. The van der Waals surface area contributed by atoms with Gasteiger partial charge in [-0.3, -0.25) is 9.52 Å². The number of rotatable bonds is 3. The van der Waals surface area contributed by atoms with E-state index in [0.29, 0.717) is 0 Å². The molecule has 2 rings (SSSR count). The summed E-state index contributed by atoms with van der Waals surface area (Å²) >= 11 is 0. The third-order valence-corrected chi connectivity index (χ3v) is 3.58. The lowest BCUT2D eigenvalue weighted by Gasteiger charge is -2.06. The molecule has 0 spiro atoms. The quantitative estimate of drug-likeness (QED) is 0.881. The third-order valence-electron chi connectivity index (χ3n) is 2.17. The molecule has 7 heteroatoms. The Kier molecular flexibility index (Phi) is 3.15. The summed E-state index contributed by atoms with van der Waals surface area (Å²) in [6.45, 7) is 0. The fourth-order valence-electron chi connectivity index (χ4n) is 1.34. The van der Waals surface area contributed by atoms with Crippen LogP contribution in [0.4, 0.5) is 10.1 Å². The number of sulfonamides is 1. The van der Waals surface area contributed by atoms with Gasteiger partial charge >= 0.3 is 0 Å². The zero-order valence-corrected chi connectivity index (χ0v) is 9.87. The molecule has 0 aliphatic rings. The maximum Gasteiger partial charge on any atom is 0.267 e. The lowest BCUT2D eigenvalue weighted by Crippen LogP contribution is -2.20. The number of hydrogen-bond acceptors (Lipinski definition) is 3. The normalized spacial score (nSPS) is 11.2. The highest BCUT2D eigenvalue weighted by Crippen LogP contribution is 2.13. The number of benzene rings is 1. The van der Waals surface area contributed by atoms with Crippen LogP contribution in [0.5, 0.6) is 0 Å². The van der Waals surface area contributed by atoms with E-state index in [4.69, 9.17) is 0 Å². The topological polar surface area (TPSA) is 79.0 Å². The predicted molar refractivity (Wildman–Crippen MR) is 64.3 cm³/mol. The van der Waals surface area contributed by atoms with Gasteiger partial charge in [-0.25, -0.2) is 12.8 Å². The van der Waals surface area contributed by atoms with Gasteiger partial charge in [-0.05, 0) is 24.3 Å². The molecule has 18 heavy (non-hydrogen) atoms. The maximum atomic E-state index is 12.7. The Balaban J connectivity index is 2.36. The van der Waals surface area contributed by atoms with Crippen LogP contribution < -0.4 is 10.2 Å². The van der Waals surface area contributed by atoms with Gasteiger partial charge < -0.3 is 4.98 Å². The molecule has 5 nitrogen and oxygen atoms in total. The summed E-state index contributed by atoms with van der Waals surface area (Å²) in [5.74, 6) is -0.476. The molecule has 0 aliphatic heterocycles. The highest BCUT2D eigenvalue weighted by Gasteiger charge is 2.17. The minimum absolute atomic E-state index is 0.180. The number of aromatic amines is 1. The number of pyridine rings is 1. The molecule has 0 amide bonds. The largest absolute Gasteiger partial charge is 0.366 e. The van der Waals surface area contributed by atoms with E-state index in [1.165, 1.54) is 18.3 Å². The summed E-state index contributed by atoms with van der Waals surface area (Å²) in [5, 5.41) is 0. The Morgan fingerprint density at radius 1 is 1.11 bits per heavy atom. The van der Waals surface area contributed by atoms with Crippen molar-refractivity contribution in [2.24, 2.45) is 0 Å². The summed E-state index contributed by atoms with van der Waals surface area (Å²) in [5.41, 5.74) is -0.442. The molecule has 0 unspecified atom stereocenters. The van der Waals surface area contributed by atoms with Gasteiger partial charge in [0.15, 0.2) is 4.90 Å². The van der Waals surface area contributed by atoms with Crippen molar-refractivity contribution in [2.45, 2.75) is 4.90 Å². The summed E-state index contributed by atoms with van der Waals surface area (Å²) in [6, 6.07) is 5.88. The molecule has 0 saturated heterocycles. The second kappa shape index (κ2) is 4.61. The van der Waals surface area contributed by atoms with Gasteiger partial charge in [-0.1, -0.05) is 0 Å². The first-order valence-electron chi connectivity index (χ1n) is 4.94. The van der Waals surface area contributed by atoms with Gasteiger partial charge in [-0.2, -0.15) is 0 Å². The van der Waals surface area contributed by atoms with Crippen molar-refractivity contribution in [2.75, 3.05) is 4.72 Å². The smallest absolute Gasteiger partial charge is 0.267 e. The summed E-state index contributed by atoms with van der Waals surface area (Å²) in [4.78, 5) is 13.5. The lowest BCUT2D eigenvalue weighted by molar-refractivity contribution is 0.600. The van der Waals surface area contributed by atoms with Crippen molar-refractivity contribution in [3.63, 3.8) is 0 Å². The van der Waals surface area contributed by atoms with Crippen LogP contribution in [0.2, 0.25) is 0 Å². The van der Waals surface area contributed by atoms with E-state index in [-0.39, 0.29) is 5.69 Å². The molecule has 0 fully saturated rings. The zero-order valence-electron chi connectivity index (χ0n) is 9.05. The zero-order chi connectivity index (χ0) is 13.2. The second-order valence-electron chi connectivity index (χ2n) is 3.49. The summed E-state index contributed by atoms with van der Waals surface area (Å²) < 4.78 is 38.6. The number of nitrogens with one attached hydrogen (secondary N) is 2. The Morgan fingerprint density at radius 2 is 1.78 bits per heavy atom. The fourth-order valence-corrected chi connectivity index (χ4v) is 2.45. The van der Waals surface area contributed by atoms with Crippen molar-refractivity contribution >= 4 is 15.7 Å². The molecule has 0 radical (unpaired) electrons. The lowest BCUT2D eigenvalue weighted by atomic mass is 10.3. The minimum atomic E-state index is -3.97. The van der Waals surface area contributed by atoms with Gasteiger partial charge in [0, 0.05) is 24.1 Å². The monoisotopic (exact) mass is 268 g/mol. The van der Waals surface area contributed by atoms with E-state index in [9.17, 15) is 17.6 Å². The number of anilines is 1. The number of halogens is 1. The van der Waals surface area contributed by atoms with Gasteiger partial charge in [-0.15, -0.1) is 0 Å². The molecule has 2 N–H and O–H groups in total. The molecule has 0 aliphatic carbocycles. The van der Waals surface area contributed by atoms with Crippen LogP contribution in [0.25, 0.3) is 0 Å². The van der Waals surface area contributed by atoms with Crippen molar-refractivity contribution in [3.8, 4) is 0 Å². The fraction of sp³-hybridized carbons (Fsp3) is 0. The van der Waals surface area contributed by atoms with Gasteiger partial charge in [0.2, 0.25) is 5.43 Å². The van der Waals surface area contributed by atoms with Crippen molar-refractivity contribution in [1.82, 2.24) is 4.98 Å². The number of H-pyrrole nitrogens is 1. The second-order valence-corrected chi connectivity index (χ2v) is 5.14. The van der Waals surface area contributed by atoms with E-state index in [1.807, 2.05) is 0 Å². The SMILES string of the molecule is O=c1cc[nH]cc1S(=O)(=O)Nc1ccc(F)cc1. The third kappa shape index (κ3) is 2.57. The van der Waals surface area contributed by atoms with Crippen LogP contribution in [-0.4, -0.2) is 13.4 Å². The highest BCUT2D eigenvalue weighted by molar-refractivity contribution is 7.92. The predicted octanol–water partition coefficient (Wildman–Crippen LogP) is 1.31.